The van der Waals surface area contributed by atoms with Gasteiger partial charge in [0.2, 0.25) is 0 Å². The van der Waals surface area contributed by atoms with Gasteiger partial charge in [-0.05, 0) is 17.7 Å². The van der Waals surface area contributed by atoms with E-state index in [1.807, 2.05) is 0 Å². The van der Waals surface area contributed by atoms with Crippen molar-refractivity contribution in [2.24, 2.45) is 0 Å². The summed E-state index contributed by atoms with van der Waals surface area (Å²) in [6.45, 7) is -0.568. The van der Waals surface area contributed by atoms with Gasteiger partial charge in [-0.15, -0.1) is 0 Å². The van der Waals surface area contributed by atoms with Gasteiger partial charge >= 0.3 is 6.18 Å². The van der Waals surface area contributed by atoms with Gasteiger partial charge < -0.3 is 10.2 Å². The van der Waals surface area contributed by atoms with Crippen LogP contribution in [0.25, 0.3) is 0 Å². The molecule has 0 radical (unpaired) electrons. The third-order valence-corrected chi connectivity index (χ3v) is 2.17. The number of aliphatic hydroxyl groups excluding tert-OH is 2. The maximum absolute atomic E-state index is 12.3. The zero-order chi connectivity index (χ0) is 11.6. The number of hydrogen-bond acceptors (Lipinski definition) is 2. The van der Waals surface area contributed by atoms with Gasteiger partial charge in [0.25, 0.3) is 0 Å². The van der Waals surface area contributed by atoms with E-state index in [0.29, 0.717) is 0 Å². The monoisotopic (exact) mass is 240 g/mol. The summed E-state index contributed by atoms with van der Waals surface area (Å²) in [7, 11) is 0. The van der Waals surface area contributed by atoms with Crippen molar-refractivity contribution in [2.75, 3.05) is 6.61 Å². The summed E-state index contributed by atoms with van der Waals surface area (Å²) in [4.78, 5) is 0. The van der Waals surface area contributed by atoms with Gasteiger partial charge in [-0.1, -0.05) is 17.7 Å². The first-order chi connectivity index (χ1) is 6.86. The van der Waals surface area contributed by atoms with Crippen LogP contribution >= 0.6 is 11.6 Å². The predicted molar refractivity (Wildman–Crippen MR) is 48.5 cm³/mol. The Morgan fingerprint density at radius 2 is 1.93 bits per heavy atom. The maximum atomic E-state index is 12.3. The topological polar surface area (TPSA) is 40.5 Å². The number of rotatable bonds is 2. The summed E-state index contributed by atoms with van der Waals surface area (Å²) >= 11 is 5.40. The molecule has 15 heavy (non-hydrogen) atoms. The molecule has 6 heteroatoms. The fourth-order valence-corrected chi connectivity index (χ4v) is 1.37. The molecule has 0 amide bonds. The van der Waals surface area contributed by atoms with Crippen LogP contribution in [0.5, 0.6) is 0 Å². The number of halogens is 4. The molecule has 0 fully saturated rings. The Kier molecular flexibility index (Phi) is 3.59. The molecule has 0 aliphatic carbocycles. The Hall–Kier alpha value is -0.780. The zero-order valence-electron chi connectivity index (χ0n) is 7.42. The fourth-order valence-electron chi connectivity index (χ4n) is 1.07. The average Bonchev–Trinajstić information content (AvgIpc) is 2.14. The molecule has 0 aliphatic rings. The van der Waals surface area contributed by atoms with Gasteiger partial charge in [0.05, 0.1) is 17.2 Å². The second-order valence-electron chi connectivity index (χ2n) is 2.94. The highest BCUT2D eigenvalue weighted by molar-refractivity contribution is 6.31. The first-order valence-electron chi connectivity index (χ1n) is 4.02. The molecule has 0 heterocycles. The van der Waals surface area contributed by atoms with E-state index in [-0.39, 0.29) is 5.56 Å². The van der Waals surface area contributed by atoms with Gasteiger partial charge in [0, 0.05) is 0 Å². The summed E-state index contributed by atoms with van der Waals surface area (Å²) in [6, 6.07) is 2.84. The Labute approximate surface area is 88.9 Å². The van der Waals surface area contributed by atoms with E-state index in [9.17, 15) is 13.2 Å². The summed E-state index contributed by atoms with van der Waals surface area (Å²) in [5.74, 6) is 0. The van der Waals surface area contributed by atoms with E-state index in [2.05, 4.69) is 0 Å². The molecule has 0 spiro atoms. The van der Waals surface area contributed by atoms with Crippen molar-refractivity contribution < 1.29 is 23.4 Å². The second kappa shape index (κ2) is 4.38. The van der Waals surface area contributed by atoms with Gasteiger partial charge in [0.1, 0.15) is 6.10 Å². The molecule has 2 N–H and O–H groups in total. The lowest BCUT2D eigenvalue weighted by atomic mass is 10.1. The first-order valence-corrected chi connectivity index (χ1v) is 4.39. The molecule has 1 unspecified atom stereocenters. The molecule has 1 aromatic carbocycles. The highest BCUT2D eigenvalue weighted by Gasteiger charge is 2.33. The molecule has 0 aromatic heterocycles. The van der Waals surface area contributed by atoms with Gasteiger partial charge in [-0.25, -0.2) is 0 Å². The largest absolute Gasteiger partial charge is 0.417 e. The standard InChI is InChI=1S/C9H8ClF3O2/c10-7-3-5(8(15)4-14)1-2-6(7)9(11,12)13/h1-3,8,14-15H,4H2. The lowest BCUT2D eigenvalue weighted by molar-refractivity contribution is -0.137. The van der Waals surface area contributed by atoms with Crippen LogP contribution < -0.4 is 0 Å². The van der Waals surface area contributed by atoms with Crippen molar-refractivity contribution in [3.63, 3.8) is 0 Å². The molecule has 0 saturated heterocycles. The molecule has 2 nitrogen and oxygen atoms in total. The van der Waals surface area contributed by atoms with E-state index in [0.717, 1.165) is 18.2 Å². The van der Waals surface area contributed by atoms with Crippen LogP contribution in [0.2, 0.25) is 5.02 Å². The SMILES string of the molecule is OCC(O)c1ccc(C(F)(F)F)c(Cl)c1. The molecule has 1 atom stereocenters. The van der Waals surface area contributed by atoms with Gasteiger partial charge in [-0.3, -0.25) is 0 Å². The molecule has 0 bridgehead atoms. The quantitative estimate of drug-likeness (QED) is 0.833. The van der Waals surface area contributed by atoms with Crippen LogP contribution in [0.3, 0.4) is 0 Å². The smallest absolute Gasteiger partial charge is 0.393 e. The second-order valence-corrected chi connectivity index (χ2v) is 3.34. The maximum Gasteiger partial charge on any atom is 0.417 e. The van der Waals surface area contributed by atoms with E-state index < -0.39 is 29.5 Å². The lowest BCUT2D eigenvalue weighted by Crippen LogP contribution is -2.08. The van der Waals surface area contributed by atoms with Gasteiger partial charge in [0.15, 0.2) is 0 Å². The fraction of sp³-hybridized carbons (Fsp3) is 0.333. The number of alkyl halides is 3. The third-order valence-electron chi connectivity index (χ3n) is 1.86. The molecule has 1 rings (SSSR count). The Bertz CT molecular complexity index is 352. The van der Waals surface area contributed by atoms with Crippen molar-refractivity contribution >= 4 is 11.6 Å². The Balaban J connectivity index is 3.09. The van der Waals surface area contributed by atoms with Crippen LogP contribution in [0, 0.1) is 0 Å². The zero-order valence-corrected chi connectivity index (χ0v) is 8.18. The van der Waals surface area contributed by atoms with Gasteiger partial charge in [-0.2, -0.15) is 13.2 Å². The normalized spacial score (nSPS) is 14.0. The van der Waals surface area contributed by atoms with E-state index in [4.69, 9.17) is 21.8 Å². The Morgan fingerprint density at radius 3 is 2.33 bits per heavy atom. The third kappa shape index (κ3) is 2.84. The summed E-state index contributed by atoms with van der Waals surface area (Å²) in [5.41, 5.74) is -0.812. The highest BCUT2D eigenvalue weighted by atomic mass is 35.5. The summed E-state index contributed by atoms with van der Waals surface area (Å²) in [6.07, 6.45) is -5.73. The van der Waals surface area contributed by atoms with Crippen LogP contribution in [0.4, 0.5) is 13.2 Å². The van der Waals surface area contributed by atoms with Crippen molar-refractivity contribution in [2.45, 2.75) is 12.3 Å². The number of aliphatic hydroxyl groups is 2. The molecule has 84 valence electrons. The first kappa shape index (κ1) is 12.3. The predicted octanol–water partition coefficient (Wildman–Crippen LogP) is 2.38. The lowest BCUT2D eigenvalue weighted by Gasteiger charge is -2.12. The minimum absolute atomic E-state index is 0.149. The van der Waals surface area contributed by atoms with Crippen LogP contribution in [-0.4, -0.2) is 16.8 Å². The summed E-state index contributed by atoms with van der Waals surface area (Å²) in [5, 5.41) is 17.3. The van der Waals surface area contributed by atoms with Crippen LogP contribution in [0.15, 0.2) is 18.2 Å². The van der Waals surface area contributed by atoms with Crippen molar-refractivity contribution in [1.29, 1.82) is 0 Å². The molecule has 0 aliphatic heterocycles. The van der Waals surface area contributed by atoms with Crippen LogP contribution in [0.1, 0.15) is 17.2 Å². The molecular formula is C9H8ClF3O2. The number of benzene rings is 1. The van der Waals surface area contributed by atoms with Crippen molar-refractivity contribution in [3.05, 3.63) is 34.3 Å². The molecule has 1 aromatic rings. The Morgan fingerprint density at radius 1 is 1.33 bits per heavy atom. The minimum atomic E-state index is -4.51. The van der Waals surface area contributed by atoms with Crippen molar-refractivity contribution in [1.82, 2.24) is 0 Å². The van der Waals surface area contributed by atoms with Crippen LogP contribution in [-0.2, 0) is 6.18 Å². The van der Waals surface area contributed by atoms with E-state index >= 15 is 0 Å². The molecule has 0 saturated carbocycles. The van der Waals surface area contributed by atoms with E-state index in [1.165, 1.54) is 0 Å². The summed E-state index contributed by atoms with van der Waals surface area (Å²) < 4.78 is 36.8. The highest BCUT2D eigenvalue weighted by Crippen LogP contribution is 2.35. The number of hydrogen-bond donors (Lipinski definition) is 2. The van der Waals surface area contributed by atoms with E-state index in [1.54, 1.807) is 0 Å². The minimum Gasteiger partial charge on any atom is -0.393 e. The average molecular weight is 241 g/mol. The molecular weight excluding hydrogens is 233 g/mol. The van der Waals surface area contributed by atoms with Crippen molar-refractivity contribution in [3.8, 4) is 0 Å².